The molecule has 1 aliphatic heterocycles. The minimum absolute atomic E-state index is 0.101. The number of hydrogen-bond acceptors (Lipinski definition) is 3. The molecule has 1 aromatic heterocycles. The molecular formula is C19H28N4O2. The van der Waals surface area contributed by atoms with Crippen LogP contribution in [0.2, 0.25) is 0 Å². The summed E-state index contributed by atoms with van der Waals surface area (Å²) in [6.07, 6.45) is 8.93. The molecule has 0 bridgehead atoms. The van der Waals surface area contributed by atoms with Crippen LogP contribution in [0.3, 0.4) is 0 Å². The largest absolute Gasteiger partial charge is 0.338 e. The number of carbonyl (C=O) groups excluding carboxylic acids is 2. The highest BCUT2D eigenvalue weighted by Crippen LogP contribution is 2.40. The zero-order valence-electron chi connectivity index (χ0n) is 15.1. The minimum atomic E-state index is 0.101. The number of amides is 2. The van der Waals surface area contributed by atoms with Crippen molar-refractivity contribution in [2.24, 2.45) is 23.7 Å². The fourth-order valence-corrected chi connectivity index (χ4v) is 4.03. The predicted molar refractivity (Wildman–Crippen MR) is 94.8 cm³/mol. The standard InChI is InChI=1S/C19H28N4O2/c1-12-7-16(12)18(24)21-14-9-20-22(10-14)11-15-5-3-4-6-23(15)19(25)17-8-13(17)2/h9-10,12-13,15-17H,3-8,11H2,1-2H3,(H,21,24)/t12-,13-,15+,16+,17+/m1/s1. The molecule has 4 rings (SSSR count). The molecule has 1 N–H and O–H groups in total. The van der Waals surface area contributed by atoms with Crippen molar-refractivity contribution in [3.05, 3.63) is 12.4 Å². The van der Waals surface area contributed by atoms with E-state index >= 15 is 0 Å². The Morgan fingerprint density at radius 1 is 1.20 bits per heavy atom. The van der Waals surface area contributed by atoms with Crippen molar-refractivity contribution in [3.8, 4) is 0 Å². The molecule has 2 aliphatic carbocycles. The van der Waals surface area contributed by atoms with Crippen LogP contribution in [-0.2, 0) is 16.1 Å². The number of carbonyl (C=O) groups is 2. The van der Waals surface area contributed by atoms with Crippen molar-refractivity contribution >= 4 is 17.5 Å². The quantitative estimate of drug-likeness (QED) is 0.892. The predicted octanol–water partition coefficient (Wildman–Crippen LogP) is 2.51. The second kappa shape index (κ2) is 6.46. The first-order chi connectivity index (χ1) is 12.0. The van der Waals surface area contributed by atoms with E-state index in [2.05, 4.69) is 29.2 Å². The van der Waals surface area contributed by atoms with Crippen molar-refractivity contribution in [3.63, 3.8) is 0 Å². The third kappa shape index (κ3) is 3.58. The maximum atomic E-state index is 12.7. The molecule has 2 saturated carbocycles. The van der Waals surface area contributed by atoms with E-state index in [0.29, 0.717) is 24.3 Å². The van der Waals surface area contributed by atoms with Gasteiger partial charge in [0.2, 0.25) is 11.8 Å². The van der Waals surface area contributed by atoms with E-state index in [-0.39, 0.29) is 23.8 Å². The van der Waals surface area contributed by atoms with Gasteiger partial charge in [-0.1, -0.05) is 13.8 Å². The molecule has 0 unspecified atom stereocenters. The van der Waals surface area contributed by atoms with Crippen molar-refractivity contribution in [2.75, 3.05) is 11.9 Å². The Hall–Kier alpha value is -1.85. The van der Waals surface area contributed by atoms with E-state index in [1.54, 1.807) is 6.20 Å². The Morgan fingerprint density at radius 3 is 2.60 bits per heavy atom. The monoisotopic (exact) mass is 344 g/mol. The fraction of sp³-hybridized carbons (Fsp3) is 0.737. The summed E-state index contributed by atoms with van der Waals surface area (Å²) in [5.74, 6) is 1.89. The van der Waals surface area contributed by atoms with Crippen LogP contribution in [0.5, 0.6) is 0 Å². The maximum Gasteiger partial charge on any atom is 0.227 e. The van der Waals surface area contributed by atoms with E-state index in [0.717, 1.165) is 37.9 Å². The Balaban J connectivity index is 1.37. The topological polar surface area (TPSA) is 67.2 Å². The summed E-state index contributed by atoms with van der Waals surface area (Å²) in [6.45, 7) is 5.84. The first kappa shape index (κ1) is 16.6. The van der Waals surface area contributed by atoms with Gasteiger partial charge in [0.15, 0.2) is 0 Å². The van der Waals surface area contributed by atoms with E-state index in [1.165, 1.54) is 6.42 Å². The molecule has 6 nitrogen and oxygen atoms in total. The van der Waals surface area contributed by atoms with Crippen LogP contribution < -0.4 is 5.32 Å². The number of aromatic nitrogens is 2. The van der Waals surface area contributed by atoms with E-state index in [9.17, 15) is 9.59 Å². The Labute approximate surface area is 148 Å². The third-order valence-corrected chi connectivity index (χ3v) is 6.08. The lowest BCUT2D eigenvalue weighted by Gasteiger charge is -2.36. The van der Waals surface area contributed by atoms with Gasteiger partial charge in [-0.15, -0.1) is 0 Å². The molecule has 25 heavy (non-hydrogen) atoms. The molecule has 0 spiro atoms. The lowest BCUT2D eigenvalue weighted by atomic mass is 10.0. The molecule has 3 aliphatic rings. The molecule has 2 amide bonds. The number of nitrogens with one attached hydrogen (secondary N) is 1. The summed E-state index contributed by atoms with van der Waals surface area (Å²) in [6, 6.07) is 0.223. The van der Waals surface area contributed by atoms with Gasteiger partial charge in [0, 0.05) is 24.6 Å². The van der Waals surface area contributed by atoms with Crippen LogP contribution in [-0.4, -0.2) is 39.1 Å². The summed E-state index contributed by atoms with van der Waals surface area (Å²) < 4.78 is 1.87. The van der Waals surface area contributed by atoms with Gasteiger partial charge in [-0.3, -0.25) is 14.3 Å². The van der Waals surface area contributed by atoms with Crippen molar-refractivity contribution in [1.29, 1.82) is 0 Å². The molecule has 5 atom stereocenters. The van der Waals surface area contributed by atoms with Crippen LogP contribution in [0.15, 0.2) is 12.4 Å². The zero-order chi connectivity index (χ0) is 17.6. The van der Waals surface area contributed by atoms with Crippen LogP contribution in [0.1, 0.15) is 46.0 Å². The molecule has 0 aromatic carbocycles. The lowest BCUT2D eigenvalue weighted by molar-refractivity contribution is -0.137. The summed E-state index contributed by atoms with van der Waals surface area (Å²) in [4.78, 5) is 26.8. The molecule has 1 aromatic rings. The van der Waals surface area contributed by atoms with E-state index < -0.39 is 0 Å². The number of anilines is 1. The van der Waals surface area contributed by atoms with Crippen LogP contribution in [0.25, 0.3) is 0 Å². The normalized spacial score (nSPS) is 33.8. The van der Waals surface area contributed by atoms with Gasteiger partial charge in [0.1, 0.15) is 0 Å². The second-order valence-electron chi connectivity index (χ2n) is 8.26. The van der Waals surface area contributed by atoms with E-state index in [4.69, 9.17) is 0 Å². The lowest BCUT2D eigenvalue weighted by Crippen LogP contribution is -2.46. The number of rotatable bonds is 5. The van der Waals surface area contributed by atoms with Crippen LogP contribution in [0.4, 0.5) is 5.69 Å². The average Bonchev–Trinajstić information content (AvgIpc) is 3.46. The van der Waals surface area contributed by atoms with E-state index in [1.807, 2.05) is 10.9 Å². The van der Waals surface area contributed by atoms with Gasteiger partial charge in [0.05, 0.1) is 24.5 Å². The molecule has 2 heterocycles. The number of hydrogen-bond donors (Lipinski definition) is 1. The van der Waals surface area contributed by atoms with Gasteiger partial charge in [-0.25, -0.2) is 0 Å². The fourth-order valence-electron chi connectivity index (χ4n) is 4.03. The molecule has 1 saturated heterocycles. The second-order valence-corrected chi connectivity index (χ2v) is 8.26. The van der Waals surface area contributed by atoms with Crippen molar-refractivity contribution < 1.29 is 9.59 Å². The van der Waals surface area contributed by atoms with Gasteiger partial charge < -0.3 is 10.2 Å². The summed E-state index contributed by atoms with van der Waals surface area (Å²) >= 11 is 0. The highest BCUT2D eigenvalue weighted by atomic mass is 16.2. The number of likely N-dealkylation sites (tertiary alicyclic amines) is 1. The summed E-state index contributed by atoms with van der Waals surface area (Å²) in [5.41, 5.74) is 0.758. The highest BCUT2D eigenvalue weighted by Gasteiger charge is 2.43. The number of nitrogens with zero attached hydrogens (tertiary/aromatic N) is 3. The third-order valence-electron chi connectivity index (χ3n) is 6.08. The van der Waals surface area contributed by atoms with Crippen LogP contribution in [0, 0.1) is 23.7 Å². The Kier molecular flexibility index (Phi) is 4.29. The first-order valence-corrected chi connectivity index (χ1v) is 9.66. The molecule has 136 valence electrons. The zero-order valence-corrected chi connectivity index (χ0v) is 15.1. The van der Waals surface area contributed by atoms with Crippen molar-refractivity contribution in [1.82, 2.24) is 14.7 Å². The van der Waals surface area contributed by atoms with Crippen molar-refractivity contribution in [2.45, 2.75) is 58.5 Å². The Bertz CT molecular complexity index is 670. The number of piperidine rings is 1. The molecule has 0 radical (unpaired) electrons. The van der Waals surface area contributed by atoms with Crippen LogP contribution >= 0.6 is 0 Å². The average molecular weight is 344 g/mol. The maximum absolute atomic E-state index is 12.7. The summed E-state index contributed by atoms with van der Waals surface area (Å²) in [7, 11) is 0. The SMILES string of the molecule is C[C@@H]1C[C@@H]1C(=O)Nc1cnn(C[C@@H]2CCCCN2C(=O)[C@H]2C[C@H]2C)c1. The molecule has 6 heteroatoms. The highest BCUT2D eigenvalue weighted by molar-refractivity contribution is 5.94. The van der Waals surface area contributed by atoms with Gasteiger partial charge in [-0.2, -0.15) is 5.10 Å². The minimum Gasteiger partial charge on any atom is -0.338 e. The summed E-state index contributed by atoms with van der Waals surface area (Å²) in [5, 5.41) is 7.35. The molecule has 3 fully saturated rings. The molecular weight excluding hydrogens is 316 g/mol. The van der Waals surface area contributed by atoms with Gasteiger partial charge in [0.25, 0.3) is 0 Å². The Morgan fingerprint density at radius 2 is 1.92 bits per heavy atom. The van der Waals surface area contributed by atoms with Gasteiger partial charge >= 0.3 is 0 Å². The first-order valence-electron chi connectivity index (χ1n) is 9.66. The van der Waals surface area contributed by atoms with Gasteiger partial charge in [-0.05, 0) is 43.9 Å². The smallest absolute Gasteiger partial charge is 0.227 e.